The molecule has 1 aromatic heterocycles. The number of nitrogens with one attached hydrogen (secondary N) is 1. The molecule has 3 rings (SSSR count). The monoisotopic (exact) mass is 395 g/mol. The molecule has 28 heavy (non-hydrogen) atoms. The van der Waals surface area contributed by atoms with Crippen LogP contribution in [0.15, 0.2) is 54.6 Å². The van der Waals surface area contributed by atoms with Gasteiger partial charge in [0.1, 0.15) is 5.82 Å². The van der Waals surface area contributed by atoms with Gasteiger partial charge < -0.3 is 10.4 Å². The Morgan fingerprint density at radius 2 is 1.82 bits per heavy atom. The highest BCUT2D eigenvalue weighted by atomic mass is 35.5. The van der Waals surface area contributed by atoms with Gasteiger partial charge in [0.25, 0.3) is 0 Å². The van der Waals surface area contributed by atoms with Gasteiger partial charge in [0.15, 0.2) is 5.82 Å². The van der Waals surface area contributed by atoms with Gasteiger partial charge in [-0.2, -0.15) is 0 Å². The Balaban J connectivity index is 1.90. The molecule has 0 saturated carbocycles. The molecule has 0 bridgehead atoms. The smallest absolute Gasteiger partial charge is 0.313 e. The van der Waals surface area contributed by atoms with Crippen LogP contribution in [-0.2, 0) is 16.6 Å². The maximum absolute atomic E-state index is 11.4. The number of hydrogen-bond donors (Lipinski definition) is 2. The number of carboxylic acids is 1. The van der Waals surface area contributed by atoms with Crippen LogP contribution in [0.4, 0.5) is 11.5 Å². The first-order chi connectivity index (χ1) is 13.3. The highest BCUT2D eigenvalue weighted by Gasteiger charge is 2.29. The summed E-state index contributed by atoms with van der Waals surface area (Å²) in [5.41, 5.74) is 2.38. The number of aromatic nitrogens is 2. The van der Waals surface area contributed by atoms with Gasteiger partial charge in [0.05, 0.1) is 5.41 Å². The third-order valence-corrected chi connectivity index (χ3v) is 4.87. The van der Waals surface area contributed by atoms with Crippen molar-refractivity contribution in [3.05, 3.63) is 70.9 Å². The zero-order chi connectivity index (χ0) is 20.3. The fourth-order valence-electron chi connectivity index (χ4n) is 2.74. The van der Waals surface area contributed by atoms with Gasteiger partial charge in [-0.05, 0) is 50.1 Å². The van der Waals surface area contributed by atoms with E-state index in [4.69, 9.17) is 11.6 Å². The molecule has 0 spiro atoms. The molecule has 2 aromatic carbocycles. The SMILES string of the molecule is CCc1cc(Nc2ccc(C(C)(C)C(=O)O)cc2)nc(-c2cccc(Cl)c2)n1. The lowest BCUT2D eigenvalue weighted by atomic mass is 9.85. The third-order valence-electron chi connectivity index (χ3n) is 4.64. The normalized spacial score (nSPS) is 11.3. The average Bonchev–Trinajstić information content (AvgIpc) is 2.68. The summed E-state index contributed by atoms with van der Waals surface area (Å²) in [6.07, 6.45) is 0.774. The summed E-state index contributed by atoms with van der Waals surface area (Å²) < 4.78 is 0. The molecule has 0 saturated heterocycles. The largest absolute Gasteiger partial charge is 0.481 e. The number of carboxylic acid groups (broad SMARTS) is 1. The Bertz CT molecular complexity index is 1000. The van der Waals surface area contributed by atoms with Crippen molar-refractivity contribution in [1.82, 2.24) is 9.97 Å². The minimum atomic E-state index is -0.942. The van der Waals surface area contributed by atoms with Crippen molar-refractivity contribution in [3.8, 4) is 11.4 Å². The lowest BCUT2D eigenvalue weighted by Crippen LogP contribution is -2.28. The maximum atomic E-state index is 11.4. The Labute approximate surface area is 169 Å². The van der Waals surface area contributed by atoms with Crippen LogP contribution in [0.2, 0.25) is 5.02 Å². The maximum Gasteiger partial charge on any atom is 0.313 e. The van der Waals surface area contributed by atoms with Crippen molar-refractivity contribution in [2.75, 3.05) is 5.32 Å². The van der Waals surface area contributed by atoms with Gasteiger partial charge in [-0.1, -0.05) is 42.8 Å². The number of benzene rings is 2. The summed E-state index contributed by atoms with van der Waals surface area (Å²) in [6.45, 7) is 5.41. The molecule has 5 nitrogen and oxygen atoms in total. The van der Waals surface area contributed by atoms with E-state index in [1.807, 2.05) is 61.5 Å². The first-order valence-electron chi connectivity index (χ1n) is 9.04. The van der Waals surface area contributed by atoms with Gasteiger partial charge in [-0.25, -0.2) is 9.97 Å². The molecular formula is C22H22ClN3O2. The molecule has 0 fully saturated rings. The number of aryl methyl sites for hydroxylation is 1. The number of rotatable bonds is 6. The quantitative estimate of drug-likeness (QED) is 0.579. The van der Waals surface area contributed by atoms with E-state index >= 15 is 0 Å². The molecule has 1 heterocycles. The first kappa shape index (κ1) is 19.8. The number of anilines is 2. The van der Waals surface area contributed by atoms with Gasteiger partial charge in [-0.15, -0.1) is 0 Å². The molecule has 0 radical (unpaired) electrons. The van der Waals surface area contributed by atoms with Crippen LogP contribution in [0.3, 0.4) is 0 Å². The van der Waals surface area contributed by atoms with E-state index in [2.05, 4.69) is 15.3 Å². The Morgan fingerprint density at radius 1 is 1.11 bits per heavy atom. The molecule has 0 atom stereocenters. The number of carbonyl (C=O) groups is 1. The number of halogens is 1. The molecule has 144 valence electrons. The Hall–Kier alpha value is -2.92. The summed E-state index contributed by atoms with van der Waals surface area (Å²) in [5.74, 6) is 0.419. The molecule has 0 aliphatic rings. The van der Waals surface area contributed by atoms with Gasteiger partial charge in [0.2, 0.25) is 0 Å². The predicted octanol–water partition coefficient (Wildman–Crippen LogP) is 5.47. The van der Waals surface area contributed by atoms with Gasteiger partial charge in [-0.3, -0.25) is 4.79 Å². The van der Waals surface area contributed by atoms with Gasteiger partial charge >= 0.3 is 5.97 Å². The first-order valence-corrected chi connectivity index (χ1v) is 9.42. The second-order valence-electron chi connectivity index (χ2n) is 7.06. The third kappa shape index (κ3) is 4.31. The molecule has 0 aliphatic heterocycles. The molecule has 0 amide bonds. The van der Waals surface area contributed by atoms with Crippen LogP contribution >= 0.6 is 11.6 Å². The summed E-state index contributed by atoms with van der Waals surface area (Å²) in [6, 6.07) is 16.7. The van der Waals surface area contributed by atoms with E-state index in [-0.39, 0.29) is 0 Å². The Morgan fingerprint density at radius 3 is 2.43 bits per heavy atom. The summed E-state index contributed by atoms with van der Waals surface area (Å²) in [5, 5.41) is 13.3. The number of nitrogens with zero attached hydrogens (tertiary/aromatic N) is 2. The van der Waals surface area contributed by atoms with Crippen LogP contribution < -0.4 is 5.32 Å². The fraction of sp³-hybridized carbons (Fsp3) is 0.227. The summed E-state index contributed by atoms with van der Waals surface area (Å²) >= 11 is 6.10. The van der Waals surface area contributed by atoms with Crippen LogP contribution in [-0.4, -0.2) is 21.0 Å². The van der Waals surface area contributed by atoms with E-state index < -0.39 is 11.4 Å². The molecule has 0 unspecified atom stereocenters. The van der Waals surface area contributed by atoms with E-state index in [1.54, 1.807) is 13.8 Å². The van der Waals surface area contributed by atoms with Crippen molar-refractivity contribution in [1.29, 1.82) is 0 Å². The van der Waals surface area contributed by atoms with Crippen LogP contribution in [0.25, 0.3) is 11.4 Å². The predicted molar refractivity (Wildman–Crippen MR) is 112 cm³/mol. The number of aliphatic carboxylic acids is 1. The van der Waals surface area contributed by atoms with Gasteiger partial charge in [0, 0.05) is 28.0 Å². The number of hydrogen-bond acceptors (Lipinski definition) is 4. The molecule has 2 N–H and O–H groups in total. The highest BCUT2D eigenvalue weighted by molar-refractivity contribution is 6.30. The zero-order valence-corrected chi connectivity index (χ0v) is 16.8. The average molecular weight is 396 g/mol. The topological polar surface area (TPSA) is 75.1 Å². The Kier molecular flexibility index (Phi) is 5.66. The lowest BCUT2D eigenvalue weighted by Gasteiger charge is -2.20. The second-order valence-corrected chi connectivity index (χ2v) is 7.50. The van der Waals surface area contributed by atoms with Crippen molar-refractivity contribution >= 4 is 29.1 Å². The van der Waals surface area contributed by atoms with E-state index in [0.29, 0.717) is 16.7 Å². The van der Waals surface area contributed by atoms with Crippen molar-refractivity contribution in [2.45, 2.75) is 32.6 Å². The summed E-state index contributed by atoms with van der Waals surface area (Å²) in [4.78, 5) is 20.6. The molecular weight excluding hydrogens is 374 g/mol. The minimum Gasteiger partial charge on any atom is -0.481 e. The van der Waals surface area contributed by atoms with Crippen LogP contribution in [0.5, 0.6) is 0 Å². The fourth-order valence-corrected chi connectivity index (χ4v) is 2.93. The van der Waals surface area contributed by atoms with Crippen molar-refractivity contribution in [2.24, 2.45) is 0 Å². The van der Waals surface area contributed by atoms with E-state index in [1.165, 1.54) is 0 Å². The van der Waals surface area contributed by atoms with E-state index in [0.717, 1.165) is 28.9 Å². The molecule has 0 aliphatic carbocycles. The molecule has 6 heteroatoms. The second kappa shape index (κ2) is 7.98. The summed E-state index contributed by atoms with van der Waals surface area (Å²) in [7, 11) is 0. The highest BCUT2D eigenvalue weighted by Crippen LogP contribution is 2.27. The van der Waals surface area contributed by atoms with Crippen molar-refractivity contribution in [3.63, 3.8) is 0 Å². The van der Waals surface area contributed by atoms with E-state index in [9.17, 15) is 9.90 Å². The molecule has 3 aromatic rings. The zero-order valence-electron chi connectivity index (χ0n) is 16.0. The standard InChI is InChI=1S/C22H22ClN3O2/c1-4-17-13-19(26-20(25-17)14-6-5-7-16(23)12-14)24-18-10-8-15(9-11-18)22(2,3)21(27)28/h5-13H,4H2,1-3H3,(H,27,28)(H,24,25,26). The van der Waals surface area contributed by atoms with Crippen molar-refractivity contribution < 1.29 is 9.90 Å². The van der Waals surface area contributed by atoms with Crippen LogP contribution in [0, 0.1) is 0 Å². The lowest BCUT2D eigenvalue weighted by molar-refractivity contribution is -0.142. The van der Waals surface area contributed by atoms with Crippen LogP contribution in [0.1, 0.15) is 32.0 Å². The minimum absolute atomic E-state index is 0.605.